The summed E-state index contributed by atoms with van der Waals surface area (Å²) in [5.74, 6) is 0.535. The summed E-state index contributed by atoms with van der Waals surface area (Å²) in [6.45, 7) is 9.19. The number of carbonyl (C=O) groups excluding carboxylic acids is 1. The summed E-state index contributed by atoms with van der Waals surface area (Å²) in [4.78, 5) is 11.2. The van der Waals surface area contributed by atoms with Crippen molar-refractivity contribution in [3.8, 4) is 0 Å². The molecular formula is C11H23NO2. The van der Waals surface area contributed by atoms with E-state index in [1.807, 2.05) is 13.8 Å². The third kappa shape index (κ3) is 6.89. The minimum Gasteiger partial charge on any atom is -0.369 e. The number of hydrogen-bond acceptors (Lipinski definition) is 2. The second-order valence-electron chi connectivity index (χ2n) is 3.85. The summed E-state index contributed by atoms with van der Waals surface area (Å²) in [6, 6.07) is 0. The van der Waals surface area contributed by atoms with E-state index >= 15 is 0 Å². The molecule has 0 bridgehead atoms. The molecule has 0 aromatic heterocycles. The van der Waals surface area contributed by atoms with Crippen molar-refractivity contribution in [2.45, 2.75) is 46.6 Å². The van der Waals surface area contributed by atoms with Crippen molar-refractivity contribution < 1.29 is 9.53 Å². The Morgan fingerprint density at radius 3 is 2.43 bits per heavy atom. The summed E-state index contributed by atoms with van der Waals surface area (Å²) >= 11 is 0. The monoisotopic (exact) mass is 201 g/mol. The van der Waals surface area contributed by atoms with Crippen molar-refractivity contribution in [3.63, 3.8) is 0 Å². The minimum absolute atomic E-state index is 0.00870. The van der Waals surface area contributed by atoms with E-state index in [-0.39, 0.29) is 18.6 Å². The molecule has 0 saturated heterocycles. The van der Waals surface area contributed by atoms with Crippen LogP contribution < -0.4 is 5.32 Å². The number of hydrogen-bond donors (Lipinski definition) is 1. The van der Waals surface area contributed by atoms with Gasteiger partial charge in [-0.15, -0.1) is 0 Å². The number of rotatable bonds is 7. The number of nitrogens with one attached hydrogen (secondary N) is 1. The van der Waals surface area contributed by atoms with Crippen LogP contribution in [0.15, 0.2) is 0 Å². The van der Waals surface area contributed by atoms with Gasteiger partial charge in [-0.05, 0) is 19.3 Å². The predicted octanol–water partition coefficient (Wildman–Crippen LogP) is 1.96. The van der Waals surface area contributed by atoms with Crippen molar-refractivity contribution in [3.05, 3.63) is 0 Å². The van der Waals surface area contributed by atoms with Crippen LogP contribution in [0.25, 0.3) is 0 Å². The molecule has 1 N–H and O–H groups in total. The van der Waals surface area contributed by atoms with E-state index in [1.165, 1.54) is 0 Å². The highest BCUT2D eigenvalue weighted by Gasteiger charge is 2.05. The van der Waals surface area contributed by atoms with Crippen LogP contribution >= 0.6 is 0 Å². The van der Waals surface area contributed by atoms with Gasteiger partial charge in [-0.3, -0.25) is 4.79 Å². The van der Waals surface area contributed by atoms with Gasteiger partial charge in [-0.2, -0.15) is 0 Å². The fraction of sp³-hybridized carbons (Fsp3) is 0.909. The fourth-order valence-electron chi connectivity index (χ4n) is 0.819. The predicted molar refractivity (Wildman–Crippen MR) is 58.2 cm³/mol. The standard InChI is InChI=1S/C11H23NO2/c1-5-9(3)7-12-11(13)8-14-10(4)6-2/h9-10H,5-8H2,1-4H3,(H,12,13). The van der Waals surface area contributed by atoms with Crippen LogP contribution in [0.1, 0.15) is 40.5 Å². The molecule has 0 radical (unpaired) electrons. The molecule has 0 spiro atoms. The van der Waals surface area contributed by atoms with Crippen molar-refractivity contribution in [1.29, 1.82) is 0 Å². The van der Waals surface area contributed by atoms with Gasteiger partial charge in [-0.25, -0.2) is 0 Å². The molecule has 0 fully saturated rings. The molecule has 3 heteroatoms. The fourth-order valence-corrected chi connectivity index (χ4v) is 0.819. The lowest BCUT2D eigenvalue weighted by atomic mass is 10.1. The average molecular weight is 201 g/mol. The zero-order valence-electron chi connectivity index (χ0n) is 9.80. The van der Waals surface area contributed by atoms with Gasteiger partial charge < -0.3 is 10.1 Å². The Morgan fingerprint density at radius 2 is 1.93 bits per heavy atom. The van der Waals surface area contributed by atoms with Gasteiger partial charge in [-0.1, -0.05) is 27.2 Å². The molecule has 0 aliphatic carbocycles. The van der Waals surface area contributed by atoms with Crippen LogP contribution in [-0.4, -0.2) is 25.2 Å². The molecule has 84 valence electrons. The highest BCUT2D eigenvalue weighted by atomic mass is 16.5. The number of ether oxygens (including phenoxy) is 1. The van der Waals surface area contributed by atoms with Crippen LogP contribution in [0.2, 0.25) is 0 Å². The SMILES string of the molecule is CCC(C)CNC(=O)COC(C)CC. The lowest BCUT2D eigenvalue weighted by Crippen LogP contribution is -2.32. The molecule has 0 rings (SSSR count). The summed E-state index contributed by atoms with van der Waals surface area (Å²) in [5, 5.41) is 2.85. The molecule has 0 heterocycles. The van der Waals surface area contributed by atoms with E-state index in [0.29, 0.717) is 5.92 Å². The van der Waals surface area contributed by atoms with Gasteiger partial charge in [0.2, 0.25) is 5.91 Å². The Kier molecular flexibility index (Phi) is 7.48. The van der Waals surface area contributed by atoms with E-state index in [0.717, 1.165) is 19.4 Å². The maximum atomic E-state index is 11.2. The third-order valence-electron chi connectivity index (χ3n) is 2.42. The second-order valence-corrected chi connectivity index (χ2v) is 3.85. The van der Waals surface area contributed by atoms with E-state index in [9.17, 15) is 4.79 Å². The third-order valence-corrected chi connectivity index (χ3v) is 2.42. The van der Waals surface area contributed by atoms with Crippen LogP contribution in [0.4, 0.5) is 0 Å². The maximum absolute atomic E-state index is 11.2. The summed E-state index contributed by atoms with van der Waals surface area (Å²) < 4.78 is 5.31. The van der Waals surface area contributed by atoms with Gasteiger partial charge in [0.25, 0.3) is 0 Å². The highest BCUT2D eigenvalue weighted by Crippen LogP contribution is 1.98. The van der Waals surface area contributed by atoms with Crippen molar-refractivity contribution in [1.82, 2.24) is 5.32 Å². The summed E-state index contributed by atoms with van der Waals surface area (Å²) in [7, 11) is 0. The topological polar surface area (TPSA) is 38.3 Å². The van der Waals surface area contributed by atoms with E-state index < -0.39 is 0 Å². The molecule has 0 saturated carbocycles. The zero-order valence-corrected chi connectivity index (χ0v) is 9.80. The molecule has 1 amide bonds. The van der Waals surface area contributed by atoms with E-state index in [4.69, 9.17) is 4.74 Å². The van der Waals surface area contributed by atoms with Gasteiger partial charge in [0, 0.05) is 6.54 Å². The van der Waals surface area contributed by atoms with Crippen LogP contribution in [-0.2, 0) is 9.53 Å². The van der Waals surface area contributed by atoms with Crippen LogP contribution in [0.5, 0.6) is 0 Å². The molecule has 0 aliphatic heterocycles. The number of amides is 1. The van der Waals surface area contributed by atoms with Crippen LogP contribution in [0.3, 0.4) is 0 Å². The molecule has 0 aromatic rings. The van der Waals surface area contributed by atoms with E-state index in [2.05, 4.69) is 19.2 Å². The average Bonchev–Trinajstić information content (AvgIpc) is 2.22. The lowest BCUT2D eigenvalue weighted by molar-refractivity contribution is -0.127. The molecule has 14 heavy (non-hydrogen) atoms. The zero-order chi connectivity index (χ0) is 11.0. The summed E-state index contributed by atoms with van der Waals surface area (Å²) in [6.07, 6.45) is 2.20. The quantitative estimate of drug-likeness (QED) is 0.684. The van der Waals surface area contributed by atoms with Gasteiger partial charge >= 0.3 is 0 Å². The van der Waals surface area contributed by atoms with Crippen molar-refractivity contribution in [2.75, 3.05) is 13.2 Å². The van der Waals surface area contributed by atoms with Gasteiger partial charge in [0.1, 0.15) is 6.61 Å². The smallest absolute Gasteiger partial charge is 0.246 e. The molecule has 2 unspecified atom stereocenters. The van der Waals surface area contributed by atoms with Crippen molar-refractivity contribution in [2.24, 2.45) is 5.92 Å². The first-order chi connectivity index (χ1) is 6.60. The second kappa shape index (κ2) is 7.80. The molecule has 0 aliphatic rings. The van der Waals surface area contributed by atoms with Gasteiger partial charge in [0.15, 0.2) is 0 Å². The molecule has 3 nitrogen and oxygen atoms in total. The first-order valence-electron chi connectivity index (χ1n) is 5.48. The largest absolute Gasteiger partial charge is 0.369 e. The first-order valence-corrected chi connectivity index (χ1v) is 5.48. The Labute approximate surface area is 87.2 Å². The maximum Gasteiger partial charge on any atom is 0.246 e. The molecular weight excluding hydrogens is 178 g/mol. The minimum atomic E-state index is -0.00870. The Balaban J connectivity index is 3.46. The number of carbonyl (C=O) groups is 1. The molecule has 2 atom stereocenters. The Morgan fingerprint density at radius 1 is 1.29 bits per heavy atom. The van der Waals surface area contributed by atoms with Gasteiger partial charge in [0.05, 0.1) is 6.10 Å². The highest BCUT2D eigenvalue weighted by molar-refractivity contribution is 5.77. The summed E-state index contributed by atoms with van der Waals surface area (Å²) in [5.41, 5.74) is 0. The van der Waals surface area contributed by atoms with E-state index in [1.54, 1.807) is 0 Å². The van der Waals surface area contributed by atoms with Crippen LogP contribution in [0, 0.1) is 5.92 Å². The Hall–Kier alpha value is -0.570. The lowest BCUT2D eigenvalue weighted by Gasteiger charge is -2.12. The molecule has 0 aromatic carbocycles. The normalized spacial score (nSPS) is 14.9. The first kappa shape index (κ1) is 13.4. The Bertz CT molecular complexity index is 143. The van der Waals surface area contributed by atoms with Crippen molar-refractivity contribution >= 4 is 5.91 Å².